The van der Waals surface area contributed by atoms with Crippen molar-refractivity contribution in [1.29, 1.82) is 0 Å². The molecule has 0 unspecified atom stereocenters. The molecule has 6 heteroatoms. The van der Waals surface area contributed by atoms with Gasteiger partial charge in [-0.05, 0) is 36.7 Å². The van der Waals surface area contributed by atoms with Crippen molar-refractivity contribution >= 4 is 0 Å². The van der Waals surface area contributed by atoms with Crippen LogP contribution in [0.25, 0.3) is 0 Å². The molecule has 0 radical (unpaired) electrons. The largest absolute Gasteiger partial charge is 0.573 e. The van der Waals surface area contributed by atoms with Crippen LogP contribution in [-0.2, 0) is 0 Å². The third-order valence-electron chi connectivity index (χ3n) is 2.16. The van der Waals surface area contributed by atoms with Gasteiger partial charge < -0.3 is 14.8 Å². The Bertz CT molecular complexity index is 363. The topological polar surface area (TPSA) is 30.5 Å². The minimum Gasteiger partial charge on any atom is -0.492 e. The summed E-state index contributed by atoms with van der Waals surface area (Å²) in [6, 6.07) is 5.35. The number of hydrogen-bond donors (Lipinski definition) is 1. The van der Waals surface area contributed by atoms with E-state index in [1.807, 2.05) is 0 Å². The minimum atomic E-state index is -4.66. The fourth-order valence-corrected chi connectivity index (χ4v) is 1.37. The van der Waals surface area contributed by atoms with Gasteiger partial charge in [0.25, 0.3) is 0 Å². The normalized spacial score (nSPS) is 11.7. The third-order valence-corrected chi connectivity index (χ3v) is 2.16. The van der Waals surface area contributed by atoms with Gasteiger partial charge in [0.1, 0.15) is 18.1 Å². The smallest absolute Gasteiger partial charge is 0.492 e. The van der Waals surface area contributed by atoms with Crippen molar-refractivity contribution in [2.45, 2.75) is 20.2 Å². The first-order valence-corrected chi connectivity index (χ1v) is 6.06. The van der Waals surface area contributed by atoms with Crippen molar-refractivity contribution in [3.8, 4) is 11.5 Å². The molecule has 0 aliphatic heterocycles. The molecule has 0 heterocycles. The summed E-state index contributed by atoms with van der Waals surface area (Å²) in [6.45, 7) is 6.27. The van der Waals surface area contributed by atoms with E-state index in [0.29, 0.717) is 24.8 Å². The second-order valence-electron chi connectivity index (χ2n) is 4.47. The molecule has 0 aromatic heterocycles. The molecule has 3 nitrogen and oxygen atoms in total. The highest BCUT2D eigenvalue weighted by Gasteiger charge is 2.30. The second-order valence-corrected chi connectivity index (χ2v) is 4.47. The zero-order valence-electron chi connectivity index (χ0n) is 11.0. The molecule has 0 atom stereocenters. The van der Waals surface area contributed by atoms with Gasteiger partial charge in [-0.25, -0.2) is 0 Å². The number of rotatable bonds is 7. The van der Waals surface area contributed by atoms with Crippen LogP contribution in [0.15, 0.2) is 24.3 Å². The number of ether oxygens (including phenoxy) is 2. The Morgan fingerprint density at radius 2 is 1.68 bits per heavy atom. The van der Waals surface area contributed by atoms with Crippen molar-refractivity contribution < 1.29 is 22.6 Å². The van der Waals surface area contributed by atoms with Crippen LogP contribution in [0, 0.1) is 5.92 Å². The molecule has 1 aromatic carbocycles. The fourth-order valence-electron chi connectivity index (χ4n) is 1.37. The van der Waals surface area contributed by atoms with Crippen molar-refractivity contribution in [3.63, 3.8) is 0 Å². The summed E-state index contributed by atoms with van der Waals surface area (Å²) in [7, 11) is 0. The summed E-state index contributed by atoms with van der Waals surface area (Å²) >= 11 is 0. The average molecular weight is 277 g/mol. The lowest BCUT2D eigenvalue weighted by atomic mass is 10.2. The highest BCUT2D eigenvalue weighted by Crippen LogP contribution is 2.24. The molecule has 1 N–H and O–H groups in total. The highest BCUT2D eigenvalue weighted by atomic mass is 19.4. The summed E-state index contributed by atoms with van der Waals surface area (Å²) < 4.78 is 44.9. The van der Waals surface area contributed by atoms with E-state index in [1.165, 1.54) is 24.3 Å². The van der Waals surface area contributed by atoms with Crippen LogP contribution in [0.3, 0.4) is 0 Å². The summed E-state index contributed by atoms with van der Waals surface area (Å²) in [5, 5.41) is 3.20. The first-order valence-electron chi connectivity index (χ1n) is 6.06. The maximum atomic E-state index is 11.9. The molecule has 0 bridgehead atoms. The van der Waals surface area contributed by atoms with Crippen LogP contribution in [0.5, 0.6) is 11.5 Å². The van der Waals surface area contributed by atoms with Crippen molar-refractivity contribution in [2.24, 2.45) is 5.92 Å². The Balaban J connectivity index is 2.28. The lowest BCUT2D eigenvalue weighted by Crippen LogP contribution is -2.24. The predicted molar refractivity (Wildman–Crippen MR) is 66.3 cm³/mol. The third kappa shape index (κ3) is 7.56. The number of alkyl halides is 3. The highest BCUT2D eigenvalue weighted by molar-refractivity contribution is 5.31. The van der Waals surface area contributed by atoms with Gasteiger partial charge in [-0.15, -0.1) is 13.2 Å². The quantitative estimate of drug-likeness (QED) is 0.776. The van der Waals surface area contributed by atoms with Crippen molar-refractivity contribution in [2.75, 3.05) is 19.7 Å². The van der Waals surface area contributed by atoms with Crippen molar-refractivity contribution in [1.82, 2.24) is 5.32 Å². The minimum absolute atomic E-state index is 0.252. The molecule has 1 rings (SSSR count). The summed E-state index contributed by atoms with van der Waals surface area (Å²) in [5.74, 6) is 0.831. The lowest BCUT2D eigenvalue weighted by molar-refractivity contribution is -0.274. The molecule has 0 aliphatic rings. The van der Waals surface area contributed by atoms with E-state index < -0.39 is 6.36 Å². The predicted octanol–water partition coefficient (Wildman–Crippen LogP) is 3.21. The SMILES string of the molecule is CC(C)CNCCOc1ccc(OC(F)(F)F)cc1. The van der Waals surface area contributed by atoms with Gasteiger partial charge in [0.2, 0.25) is 0 Å². The fraction of sp³-hybridized carbons (Fsp3) is 0.538. The molecule has 108 valence electrons. The number of halogens is 3. The molecule has 0 saturated carbocycles. The first kappa shape index (κ1) is 15.6. The van der Waals surface area contributed by atoms with Gasteiger partial charge in [0.15, 0.2) is 0 Å². The molecule has 0 amide bonds. The van der Waals surface area contributed by atoms with E-state index in [9.17, 15) is 13.2 Å². The second kappa shape index (κ2) is 7.23. The molecule has 19 heavy (non-hydrogen) atoms. The zero-order valence-corrected chi connectivity index (χ0v) is 11.0. The molecule has 1 aromatic rings. The summed E-state index contributed by atoms with van der Waals surface area (Å²) in [6.07, 6.45) is -4.66. The first-order chi connectivity index (χ1) is 8.87. The van der Waals surface area contributed by atoms with Gasteiger partial charge in [0, 0.05) is 6.54 Å². The van der Waals surface area contributed by atoms with E-state index in [1.54, 1.807) is 0 Å². The zero-order chi connectivity index (χ0) is 14.3. The van der Waals surface area contributed by atoms with E-state index in [-0.39, 0.29) is 5.75 Å². The van der Waals surface area contributed by atoms with Crippen LogP contribution < -0.4 is 14.8 Å². The van der Waals surface area contributed by atoms with Gasteiger partial charge in [-0.1, -0.05) is 13.8 Å². The molecule has 0 aliphatic carbocycles. The average Bonchev–Trinajstić information content (AvgIpc) is 2.28. The summed E-state index contributed by atoms with van der Waals surface area (Å²) in [5.41, 5.74) is 0. The Kier molecular flexibility index (Phi) is 5.95. The van der Waals surface area contributed by atoms with Crippen LogP contribution >= 0.6 is 0 Å². The standard InChI is InChI=1S/C13H18F3NO2/c1-10(2)9-17-7-8-18-11-3-5-12(6-4-11)19-13(14,15)16/h3-6,10,17H,7-9H2,1-2H3. The number of nitrogens with one attached hydrogen (secondary N) is 1. The van der Waals surface area contributed by atoms with Crippen LogP contribution in [0.2, 0.25) is 0 Å². The monoisotopic (exact) mass is 277 g/mol. The Morgan fingerprint density at radius 3 is 2.21 bits per heavy atom. The van der Waals surface area contributed by atoms with E-state index in [0.717, 1.165) is 6.54 Å². The molecular formula is C13H18F3NO2. The molecule has 0 spiro atoms. The van der Waals surface area contributed by atoms with Crippen LogP contribution in [-0.4, -0.2) is 26.1 Å². The summed E-state index contributed by atoms with van der Waals surface area (Å²) in [4.78, 5) is 0. The van der Waals surface area contributed by atoms with Gasteiger partial charge >= 0.3 is 6.36 Å². The van der Waals surface area contributed by atoms with E-state index >= 15 is 0 Å². The molecule has 0 saturated heterocycles. The maximum Gasteiger partial charge on any atom is 0.573 e. The van der Waals surface area contributed by atoms with Gasteiger partial charge in [-0.3, -0.25) is 0 Å². The Labute approximate surface area is 110 Å². The number of benzene rings is 1. The molecule has 0 fully saturated rings. The van der Waals surface area contributed by atoms with E-state index in [4.69, 9.17) is 4.74 Å². The van der Waals surface area contributed by atoms with Crippen LogP contribution in [0.4, 0.5) is 13.2 Å². The van der Waals surface area contributed by atoms with Gasteiger partial charge in [-0.2, -0.15) is 0 Å². The van der Waals surface area contributed by atoms with Gasteiger partial charge in [0.05, 0.1) is 0 Å². The maximum absolute atomic E-state index is 11.9. The van der Waals surface area contributed by atoms with Crippen LogP contribution in [0.1, 0.15) is 13.8 Å². The van der Waals surface area contributed by atoms with E-state index in [2.05, 4.69) is 23.9 Å². The molecular weight excluding hydrogens is 259 g/mol. The Morgan fingerprint density at radius 1 is 1.11 bits per heavy atom. The lowest BCUT2D eigenvalue weighted by Gasteiger charge is -2.11. The van der Waals surface area contributed by atoms with Crippen molar-refractivity contribution in [3.05, 3.63) is 24.3 Å². The number of hydrogen-bond acceptors (Lipinski definition) is 3. The Hall–Kier alpha value is -1.43.